The Balaban J connectivity index is 1.62. The number of carbonyl (C=O) groups is 1. The highest BCUT2D eigenvalue weighted by molar-refractivity contribution is 7.90. The van der Waals surface area contributed by atoms with Crippen LogP contribution < -0.4 is 11.1 Å². The molecule has 2 heterocycles. The Morgan fingerprint density at radius 1 is 0.818 bits per heavy atom. The number of aromatic nitrogens is 2. The summed E-state index contributed by atoms with van der Waals surface area (Å²) in [5, 5.41) is 2.60. The van der Waals surface area contributed by atoms with Crippen molar-refractivity contribution in [1.82, 2.24) is 15.3 Å². The number of nitrogens with one attached hydrogen (secondary N) is 1. The number of hydrogen-bond acceptors (Lipinski definition) is 6. The largest absolute Gasteiger partial charge is 0.383 e. The predicted molar refractivity (Wildman–Crippen MR) is 129 cm³/mol. The van der Waals surface area contributed by atoms with Crippen molar-refractivity contribution >= 4 is 21.6 Å². The number of hydrogen-bond donors (Lipinski definition) is 2. The monoisotopic (exact) mass is 458 g/mol. The van der Waals surface area contributed by atoms with Crippen molar-refractivity contribution in [2.45, 2.75) is 4.90 Å². The van der Waals surface area contributed by atoms with Gasteiger partial charge in [0.2, 0.25) is 0 Å². The second-order valence-electron chi connectivity index (χ2n) is 7.54. The molecule has 0 aliphatic carbocycles. The van der Waals surface area contributed by atoms with Crippen molar-refractivity contribution in [1.29, 1.82) is 0 Å². The van der Waals surface area contributed by atoms with Crippen LogP contribution in [0.25, 0.3) is 33.5 Å². The molecule has 0 atom stereocenters. The standard InChI is InChI=1S/C25H22N4O3S/c1-27-25(30)18-5-3-17(4-6-18)23-12-9-19(14-28-23)22-13-20(15-29-24(22)26)16-7-10-21(11-8-16)33(2,31)32/h3-15H,1-2H3,(H2,26,29)(H,27,30). The van der Waals surface area contributed by atoms with E-state index in [1.165, 1.54) is 6.26 Å². The highest BCUT2D eigenvalue weighted by Crippen LogP contribution is 2.30. The molecule has 0 saturated heterocycles. The van der Waals surface area contributed by atoms with Gasteiger partial charge in [0.1, 0.15) is 5.82 Å². The Hall–Kier alpha value is -4.04. The summed E-state index contributed by atoms with van der Waals surface area (Å²) in [6.07, 6.45) is 4.56. The van der Waals surface area contributed by atoms with Crippen molar-refractivity contribution in [2.75, 3.05) is 19.0 Å². The first-order valence-corrected chi connectivity index (χ1v) is 12.0. The third kappa shape index (κ3) is 4.75. The molecular formula is C25H22N4O3S. The molecule has 2 aromatic carbocycles. The predicted octanol–water partition coefficient (Wildman–Crippen LogP) is 3.82. The van der Waals surface area contributed by atoms with Gasteiger partial charge in [-0.05, 0) is 42.0 Å². The van der Waals surface area contributed by atoms with Crippen LogP contribution in [0, 0.1) is 0 Å². The number of rotatable bonds is 5. The van der Waals surface area contributed by atoms with Crippen LogP contribution in [0.5, 0.6) is 0 Å². The first kappa shape index (κ1) is 22.2. The Morgan fingerprint density at radius 2 is 1.42 bits per heavy atom. The van der Waals surface area contributed by atoms with Gasteiger partial charge in [-0.2, -0.15) is 0 Å². The molecule has 0 radical (unpaired) electrons. The summed E-state index contributed by atoms with van der Waals surface area (Å²) in [5.74, 6) is 0.231. The lowest BCUT2D eigenvalue weighted by molar-refractivity contribution is 0.0963. The lowest BCUT2D eigenvalue weighted by atomic mass is 10.0. The van der Waals surface area contributed by atoms with Crippen LogP contribution in [-0.2, 0) is 9.84 Å². The van der Waals surface area contributed by atoms with Crippen molar-refractivity contribution in [2.24, 2.45) is 0 Å². The molecule has 0 fully saturated rings. The number of nitrogens with zero attached hydrogens (tertiary/aromatic N) is 2. The van der Waals surface area contributed by atoms with E-state index in [1.807, 2.05) is 30.3 Å². The minimum absolute atomic E-state index is 0.140. The highest BCUT2D eigenvalue weighted by atomic mass is 32.2. The molecule has 0 bridgehead atoms. The quantitative estimate of drug-likeness (QED) is 0.470. The normalized spacial score (nSPS) is 11.2. The fourth-order valence-electron chi connectivity index (χ4n) is 3.42. The Kier molecular flexibility index (Phi) is 5.93. The molecule has 33 heavy (non-hydrogen) atoms. The summed E-state index contributed by atoms with van der Waals surface area (Å²) in [4.78, 5) is 20.8. The van der Waals surface area contributed by atoms with Gasteiger partial charge in [0, 0.05) is 53.5 Å². The van der Waals surface area contributed by atoms with E-state index in [2.05, 4.69) is 15.3 Å². The maximum absolute atomic E-state index is 11.7. The summed E-state index contributed by atoms with van der Waals surface area (Å²) >= 11 is 0. The molecular weight excluding hydrogens is 436 g/mol. The molecule has 4 aromatic rings. The molecule has 4 rings (SSSR count). The van der Waals surface area contributed by atoms with Gasteiger partial charge < -0.3 is 11.1 Å². The number of carbonyl (C=O) groups excluding carboxylic acids is 1. The van der Waals surface area contributed by atoms with Gasteiger partial charge in [0.05, 0.1) is 10.6 Å². The van der Waals surface area contributed by atoms with Crippen LogP contribution in [0.3, 0.4) is 0 Å². The van der Waals surface area contributed by atoms with Gasteiger partial charge in [-0.1, -0.05) is 30.3 Å². The van der Waals surface area contributed by atoms with Crippen LogP contribution in [0.2, 0.25) is 0 Å². The van der Waals surface area contributed by atoms with Gasteiger partial charge in [-0.3, -0.25) is 9.78 Å². The van der Waals surface area contributed by atoms with Gasteiger partial charge in [-0.25, -0.2) is 13.4 Å². The molecule has 166 valence electrons. The second kappa shape index (κ2) is 8.84. The Bertz CT molecular complexity index is 1410. The van der Waals surface area contributed by atoms with Crippen molar-refractivity contribution in [3.8, 4) is 33.5 Å². The lowest BCUT2D eigenvalue weighted by Crippen LogP contribution is -2.17. The molecule has 0 saturated carbocycles. The first-order chi connectivity index (χ1) is 15.8. The topological polar surface area (TPSA) is 115 Å². The number of nitrogens with two attached hydrogens (primary N) is 1. The molecule has 0 spiro atoms. The summed E-state index contributed by atoms with van der Waals surface area (Å²) in [6.45, 7) is 0. The van der Waals surface area contributed by atoms with Crippen LogP contribution in [-0.4, -0.2) is 37.6 Å². The number of amides is 1. The number of benzene rings is 2. The minimum Gasteiger partial charge on any atom is -0.383 e. The van der Waals surface area contributed by atoms with E-state index in [0.717, 1.165) is 33.5 Å². The zero-order chi connectivity index (χ0) is 23.6. The molecule has 1 amide bonds. The van der Waals surface area contributed by atoms with E-state index < -0.39 is 9.84 Å². The van der Waals surface area contributed by atoms with Crippen molar-refractivity contribution in [3.05, 3.63) is 84.7 Å². The highest BCUT2D eigenvalue weighted by Gasteiger charge is 2.11. The van der Waals surface area contributed by atoms with E-state index in [0.29, 0.717) is 11.4 Å². The maximum Gasteiger partial charge on any atom is 0.251 e. The molecule has 0 aliphatic heterocycles. The summed E-state index contributed by atoms with van der Waals surface area (Å²) in [7, 11) is -1.66. The van der Waals surface area contributed by atoms with Gasteiger partial charge in [0.25, 0.3) is 5.91 Å². The Morgan fingerprint density at radius 3 is 2.00 bits per heavy atom. The van der Waals surface area contributed by atoms with Crippen LogP contribution in [0.15, 0.2) is 84.0 Å². The third-order valence-corrected chi connectivity index (χ3v) is 6.41. The van der Waals surface area contributed by atoms with Gasteiger partial charge >= 0.3 is 0 Å². The number of anilines is 1. The lowest BCUT2D eigenvalue weighted by Gasteiger charge is -2.10. The maximum atomic E-state index is 11.7. The molecule has 0 unspecified atom stereocenters. The number of sulfone groups is 1. The minimum atomic E-state index is -3.26. The molecule has 0 aliphatic rings. The van der Waals surface area contributed by atoms with E-state index >= 15 is 0 Å². The fourth-order valence-corrected chi connectivity index (χ4v) is 4.05. The van der Waals surface area contributed by atoms with E-state index in [1.54, 1.807) is 55.8 Å². The van der Waals surface area contributed by atoms with E-state index in [-0.39, 0.29) is 10.8 Å². The summed E-state index contributed by atoms with van der Waals surface area (Å²) in [6, 6.07) is 19.6. The zero-order valence-electron chi connectivity index (χ0n) is 18.1. The molecule has 3 N–H and O–H groups in total. The molecule has 7 nitrogen and oxygen atoms in total. The fraction of sp³-hybridized carbons (Fsp3) is 0.0800. The molecule has 8 heteroatoms. The SMILES string of the molecule is CNC(=O)c1ccc(-c2ccc(-c3cc(-c4ccc(S(C)(=O)=O)cc4)cnc3N)cn2)cc1. The van der Waals surface area contributed by atoms with Crippen LogP contribution in [0.1, 0.15) is 10.4 Å². The van der Waals surface area contributed by atoms with E-state index in [9.17, 15) is 13.2 Å². The summed E-state index contributed by atoms with van der Waals surface area (Å²) in [5.41, 5.74) is 11.5. The zero-order valence-corrected chi connectivity index (χ0v) is 18.9. The number of pyridine rings is 2. The average Bonchev–Trinajstić information content (AvgIpc) is 2.84. The van der Waals surface area contributed by atoms with Crippen LogP contribution >= 0.6 is 0 Å². The number of nitrogen functional groups attached to an aromatic ring is 1. The first-order valence-electron chi connectivity index (χ1n) is 10.1. The molecule has 2 aromatic heterocycles. The van der Waals surface area contributed by atoms with E-state index in [4.69, 9.17) is 5.73 Å². The van der Waals surface area contributed by atoms with Gasteiger partial charge in [-0.15, -0.1) is 0 Å². The Labute approximate surface area is 192 Å². The van der Waals surface area contributed by atoms with Crippen molar-refractivity contribution < 1.29 is 13.2 Å². The van der Waals surface area contributed by atoms with Crippen molar-refractivity contribution in [3.63, 3.8) is 0 Å². The average molecular weight is 459 g/mol. The third-order valence-electron chi connectivity index (χ3n) is 5.28. The van der Waals surface area contributed by atoms with Crippen LogP contribution in [0.4, 0.5) is 5.82 Å². The smallest absolute Gasteiger partial charge is 0.251 e. The second-order valence-corrected chi connectivity index (χ2v) is 9.56. The summed E-state index contributed by atoms with van der Waals surface area (Å²) < 4.78 is 23.4. The van der Waals surface area contributed by atoms with Gasteiger partial charge in [0.15, 0.2) is 9.84 Å².